The quantitative estimate of drug-likeness (QED) is 0.579. The number of carbonyl (C=O) groups excluding carboxylic acids is 1. The van der Waals surface area contributed by atoms with Crippen LogP contribution in [0, 0.1) is 3.57 Å². The van der Waals surface area contributed by atoms with E-state index in [9.17, 15) is 4.79 Å². The summed E-state index contributed by atoms with van der Waals surface area (Å²) in [4.78, 5) is 12.1. The number of hydrogen-bond acceptors (Lipinski definition) is 1. The maximum atomic E-state index is 12.1. The Labute approximate surface area is 121 Å². The minimum absolute atomic E-state index is 0.210. The number of carbonyl (C=O) groups is 1. The van der Waals surface area contributed by atoms with Crippen LogP contribution < -0.4 is 0 Å². The third kappa shape index (κ3) is 3.42. The van der Waals surface area contributed by atoms with Crippen molar-refractivity contribution in [2.45, 2.75) is 19.3 Å². The van der Waals surface area contributed by atoms with E-state index in [-0.39, 0.29) is 11.7 Å². The van der Waals surface area contributed by atoms with Crippen molar-refractivity contribution >= 4 is 28.4 Å². The molecule has 0 spiro atoms. The van der Waals surface area contributed by atoms with Crippen LogP contribution in [0.15, 0.2) is 54.6 Å². The summed E-state index contributed by atoms with van der Waals surface area (Å²) >= 11 is 2.29. The van der Waals surface area contributed by atoms with Gasteiger partial charge in [-0.25, -0.2) is 0 Å². The van der Waals surface area contributed by atoms with Crippen LogP contribution in [-0.2, 0) is 0 Å². The summed E-state index contributed by atoms with van der Waals surface area (Å²) in [5, 5.41) is 0. The molecule has 0 aliphatic heterocycles. The molecular formula is C16H15IO. The normalized spacial score (nSPS) is 12.1. The molecule has 0 saturated carbocycles. The SMILES string of the molecule is CC(CC(=O)c1ccccc1)c1ccc(I)cc1. The van der Waals surface area contributed by atoms with E-state index in [2.05, 4.69) is 53.8 Å². The number of Topliss-reactive ketones (excluding diaryl/α,β-unsaturated/α-hetero) is 1. The van der Waals surface area contributed by atoms with Gasteiger partial charge in [-0.1, -0.05) is 49.4 Å². The average molecular weight is 350 g/mol. The van der Waals surface area contributed by atoms with E-state index in [4.69, 9.17) is 0 Å². The highest BCUT2D eigenvalue weighted by atomic mass is 127. The molecule has 1 atom stereocenters. The second-order valence-electron chi connectivity index (χ2n) is 4.45. The number of ketones is 1. The van der Waals surface area contributed by atoms with E-state index >= 15 is 0 Å². The zero-order valence-electron chi connectivity index (χ0n) is 10.3. The molecule has 0 heterocycles. The number of benzene rings is 2. The predicted octanol–water partition coefficient (Wildman–Crippen LogP) is 4.67. The lowest BCUT2D eigenvalue weighted by Gasteiger charge is -2.11. The largest absolute Gasteiger partial charge is 0.294 e. The summed E-state index contributed by atoms with van der Waals surface area (Å²) < 4.78 is 1.22. The molecule has 18 heavy (non-hydrogen) atoms. The number of halogens is 1. The molecular weight excluding hydrogens is 335 g/mol. The van der Waals surface area contributed by atoms with Crippen LogP contribution in [0.2, 0.25) is 0 Å². The van der Waals surface area contributed by atoms with E-state index in [1.54, 1.807) is 0 Å². The van der Waals surface area contributed by atoms with Crippen LogP contribution >= 0.6 is 22.6 Å². The Morgan fingerprint density at radius 3 is 2.28 bits per heavy atom. The second-order valence-corrected chi connectivity index (χ2v) is 5.69. The van der Waals surface area contributed by atoms with E-state index in [0.717, 1.165) is 5.56 Å². The fourth-order valence-electron chi connectivity index (χ4n) is 1.93. The van der Waals surface area contributed by atoms with Crippen LogP contribution in [0.5, 0.6) is 0 Å². The molecule has 2 aromatic rings. The first kappa shape index (κ1) is 13.3. The number of hydrogen-bond donors (Lipinski definition) is 0. The van der Waals surface area contributed by atoms with Gasteiger partial charge in [-0.05, 0) is 46.2 Å². The molecule has 2 rings (SSSR count). The molecule has 1 unspecified atom stereocenters. The van der Waals surface area contributed by atoms with Gasteiger partial charge in [-0.3, -0.25) is 4.79 Å². The van der Waals surface area contributed by atoms with Crippen molar-refractivity contribution in [2.24, 2.45) is 0 Å². The van der Waals surface area contributed by atoms with Gasteiger partial charge in [-0.15, -0.1) is 0 Å². The molecule has 2 heteroatoms. The minimum Gasteiger partial charge on any atom is -0.294 e. The highest BCUT2D eigenvalue weighted by Gasteiger charge is 2.12. The zero-order valence-corrected chi connectivity index (χ0v) is 12.4. The van der Waals surface area contributed by atoms with E-state index in [1.807, 2.05) is 30.3 Å². The third-order valence-electron chi connectivity index (χ3n) is 3.03. The maximum absolute atomic E-state index is 12.1. The van der Waals surface area contributed by atoms with Gasteiger partial charge in [0.1, 0.15) is 0 Å². The fourth-order valence-corrected chi connectivity index (χ4v) is 2.29. The van der Waals surface area contributed by atoms with Crippen molar-refractivity contribution in [3.63, 3.8) is 0 Å². The first-order valence-corrected chi connectivity index (χ1v) is 7.08. The van der Waals surface area contributed by atoms with Crippen molar-refractivity contribution in [2.75, 3.05) is 0 Å². The summed E-state index contributed by atoms with van der Waals surface area (Å²) in [5.41, 5.74) is 2.02. The molecule has 0 radical (unpaired) electrons. The molecule has 1 nitrogen and oxygen atoms in total. The summed E-state index contributed by atoms with van der Waals surface area (Å²) in [6.45, 7) is 2.10. The first-order chi connectivity index (χ1) is 8.66. The predicted molar refractivity (Wildman–Crippen MR) is 83.0 cm³/mol. The summed E-state index contributed by atoms with van der Waals surface area (Å²) in [6, 6.07) is 17.9. The van der Waals surface area contributed by atoms with Gasteiger partial charge in [0, 0.05) is 15.6 Å². The summed E-state index contributed by atoms with van der Waals surface area (Å²) in [7, 11) is 0. The van der Waals surface area contributed by atoms with Crippen molar-refractivity contribution in [1.29, 1.82) is 0 Å². The molecule has 0 amide bonds. The summed E-state index contributed by atoms with van der Waals surface area (Å²) in [5.74, 6) is 0.469. The Bertz CT molecular complexity index is 517. The zero-order chi connectivity index (χ0) is 13.0. The van der Waals surface area contributed by atoms with Gasteiger partial charge in [0.05, 0.1) is 0 Å². The Hall–Kier alpha value is -1.16. The number of rotatable bonds is 4. The van der Waals surface area contributed by atoms with Crippen LogP contribution in [0.3, 0.4) is 0 Å². The van der Waals surface area contributed by atoms with Gasteiger partial charge in [0.2, 0.25) is 0 Å². The topological polar surface area (TPSA) is 17.1 Å². The van der Waals surface area contributed by atoms with Crippen LogP contribution in [0.25, 0.3) is 0 Å². The monoisotopic (exact) mass is 350 g/mol. The van der Waals surface area contributed by atoms with E-state index in [0.29, 0.717) is 6.42 Å². The smallest absolute Gasteiger partial charge is 0.163 e. The first-order valence-electron chi connectivity index (χ1n) is 6.00. The van der Waals surface area contributed by atoms with E-state index in [1.165, 1.54) is 9.13 Å². The molecule has 0 aromatic heterocycles. The van der Waals surface area contributed by atoms with Crippen LogP contribution in [-0.4, -0.2) is 5.78 Å². The Kier molecular flexibility index (Phi) is 4.53. The molecule has 0 aliphatic rings. The molecule has 0 N–H and O–H groups in total. The molecule has 0 aliphatic carbocycles. The van der Waals surface area contributed by atoms with Crippen LogP contribution in [0.4, 0.5) is 0 Å². The third-order valence-corrected chi connectivity index (χ3v) is 3.75. The van der Waals surface area contributed by atoms with Gasteiger partial charge in [-0.2, -0.15) is 0 Å². The van der Waals surface area contributed by atoms with Crippen molar-refractivity contribution < 1.29 is 4.79 Å². The Morgan fingerprint density at radius 2 is 1.67 bits per heavy atom. The van der Waals surface area contributed by atoms with Crippen molar-refractivity contribution in [1.82, 2.24) is 0 Å². The molecule has 0 saturated heterocycles. The van der Waals surface area contributed by atoms with Crippen LogP contribution in [0.1, 0.15) is 35.2 Å². The standard InChI is InChI=1S/C16H15IO/c1-12(13-7-9-15(17)10-8-13)11-16(18)14-5-3-2-4-6-14/h2-10,12H,11H2,1H3. The Balaban J connectivity index is 2.06. The van der Waals surface area contributed by atoms with Gasteiger partial charge < -0.3 is 0 Å². The Morgan fingerprint density at radius 1 is 1.06 bits per heavy atom. The minimum atomic E-state index is 0.210. The average Bonchev–Trinajstić information content (AvgIpc) is 2.40. The van der Waals surface area contributed by atoms with Gasteiger partial charge in [0.25, 0.3) is 0 Å². The van der Waals surface area contributed by atoms with E-state index < -0.39 is 0 Å². The second kappa shape index (κ2) is 6.14. The summed E-state index contributed by atoms with van der Waals surface area (Å²) in [6.07, 6.45) is 0.560. The van der Waals surface area contributed by atoms with Gasteiger partial charge in [0.15, 0.2) is 5.78 Å². The highest BCUT2D eigenvalue weighted by molar-refractivity contribution is 14.1. The lowest BCUT2D eigenvalue weighted by Crippen LogP contribution is -2.04. The fraction of sp³-hybridized carbons (Fsp3) is 0.188. The lowest BCUT2D eigenvalue weighted by atomic mass is 9.93. The molecule has 0 fully saturated rings. The van der Waals surface area contributed by atoms with Crippen molar-refractivity contribution in [3.05, 3.63) is 69.3 Å². The van der Waals surface area contributed by atoms with Gasteiger partial charge >= 0.3 is 0 Å². The molecule has 0 bridgehead atoms. The highest BCUT2D eigenvalue weighted by Crippen LogP contribution is 2.22. The molecule has 2 aromatic carbocycles. The maximum Gasteiger partial charge on any atom is 0.163 e. The molecule has 92 valence electrons. The lowest BCUT2D eigenvalue weighted by molar-refractivity contribution is 0.0975. The van der Waals surface area contributed by atoms with Crippen molar-refractivity contribution in [3.8, 4) is 0 Å².